The fraction of sp³-hybridized carbons (Fsp3) is 0.200. The lowest BCUT2D eigenvalue weighted by Gasteiger charge is -1.99. The van der Waals surface area contributed by atoms with E-state index < -0.39 is 0 Å². The van der Waals surface area contributed by atoms with Crippen LogP contribution in [-0.2, 0) is 11.2 Å². The lowest BCUT2D eigenvalue weighted by molar-refractivity contribution is -0.116. The van der Waals surface area contributed by atoms with Gasteiger partial charge >= 0.3 is 0 Å². The molecule has 0 aliphatic heterocycles. The van der Waals surface area contributed by atoms with Crippen LogP contribution in [0.2, 0.25) is 0 Å². The summed E-state index contributed by atoms with van der Waals surface area (Å²) in [5, 5.41) is 5.61. The summed E-state index contributed by atoms with van der Waals surface area (Å²) in [6, 6.07) is 10.1. The van der Waals surface area contributed by atoms with E-state index in [1.165, 1.54) is 16.2 Å². The first-order valence-corrected chi connectivity index (χ1v) is 8.10. The second-order valence-corrected chi connectivity index (χ2v) is 6.63. The maximum atomic E-state index is 11.9. The van der Waals surface area contributed by atoms with Gasteiger partial charge in [0.15, 0.2) is 5.13 Å². The van der Waals surface area contributed by atoms with Crippen LogP contribution in [0.5, 0.6) is 0 Å². The average molecular weight is 302 g/mol. The van der Waals surface area contributed by atoms with Crippen molar-refractivity contribution in [2.24, 2.45) is 0 Å². The Balaban J connectivity index is 1.66. The van der Waals surface area contributed by atoms with E-state index in [9.17, 15) is 4.79 Å². The zero-order valence-corrected chi connectivity index (χ0v) is 12.7. The molecule has 1 aromatic carbocycles. The number of nitrogens with one attached hydrogen (secondary N) is 1. The third-order valence-electron chi connectivity index (χ3n) is 3.05. The number of nitrogens with zero attached hydrogens (tertiary/aromatic N) is 1. The highest BCUT2D eigenvalue weighted by molar-refractivity contribution is 7.22. The lowest BCUT2D eigenvalue weighted by Crippen LogP contribution is -2.11. The third-order valence-corrected chi connectivity index (χ3v) is 4.92. The Labute approximate surface area is 125 Å². The molecule has 2 heterocycles. The zero-order chi connectivity index (χ0) is 13.9. The number of fused-ring (bicyclic) bond motifs is 1. The molecule has 0 saturated heterocycles. The monoisotopic (exact) mass is 302 g/mol. The highest BCUT2D eigenvalue weighted by atomic mass is 32.1. The molecule has 1 N–H and O–H groups in total. The van der Waals surface area contributed by atoms with Crippen LogP contribution >= 0.6 is 22.7 Å². The molecule has 20 heavy (non-hydrogen) atoms. The molecule has 0 radical (unpaired) electrons. The van der Waals surface area contributed by atoms with Crippen LogP contribution in [-0.4, -0.2) is 10.9 Å². The van der Waals surface area contributed by atoms with E-state index in [1.807, 2.05) is 36.6 Å². The quantitative estimate of drug-likeness (QED) is 0.783. The number of anilines is 1. The number of aryl methyl sites for hydroxylation is 2. The first-order valence-electron chi connectivity index (χ1n) is 6.41. The summed E-state index contributed by atoms with van der Waals surface area (Å²) in [4.78, 5) is 17.7. The van der Waals surface area contributed by atoms with E-state index in [0.717, 1.165) is 22.2 Å². The van der Waals surface area contributed by atoms with Crippen molar-refractivity contribution in [3.63, 3.8) is 0 Å². The zero-order valence-electron chi connectivity index (χ0n) is 11.1. The lowest BCUT2D eigenvalue weighted by atomic mass is 10.2. The van der Waals surface area contributed by atoms with Crippen LogP contribution in [0.3, 0.4) is 0 Å². The minimum absolute atomic E-state index is 0.0232. The minimum atomic E-state index is 0.0232. The number of para-hydroxylation sites is 1. The Hall–Kier alpha value is -1.72. The molecule has 0 spiro atoms. The van der Waals surface area contributed by atoms with Crippen molar-refractivity contribution in [3.8, 4) is 0 Å². The molecular weight excluding hydrogens is 288 g/mol. The maximum Gasteiger partial charge on any atom is 0.226 e. The van der Waals surface area contributed by atoms with Crippen molar-refractivity contribution in [2.45, 2.75) is 19.8 Å². The minimum Gasteiger partial charge on any atom is -0.302 e. The fourth-order valence-electron chi connectivity index (χ4n) is 2.01. The number of hydrogen-bond donors (Lipinski definition) is 1. The van der Waals surface area contributed by atoms with E-state index in [0.29, 0.717) is 11.6 Å². The standard InChI is InChI=1S/C15H14N2OS2/c1-10-4-2-6-12-14(10)17-15(20-12)16-13(18)8-7-11-5-3-9-19-11/h2-6,9H,7-8H2,1H3,(H,16,17,18). The summed E-state index contributed by atoms with van der Waals surface area (Å²) in [6.45, 7) is 2.03. The number of thiophene rings is 1. The van der Waals surface area contributed by atoms with Gasteiger partial charge < -0.3 is 5.32 Å². The number of benzene rings is 1. The first-order chi connectivity index (χ1) is 9.72. The molecule has 0 atom stereocenters. The summed E-state index contributed by atoms with van der Waals surface area (Å²) in [6.07, 6.45) is 1.28. The van der Waals surface area contributed by atoms with Gasteiger partial charge in [-0.3, -0.25) is 4.79 Å². The van der Waals surface area contributed by atoms with E-state index in [2.05, 4.69) is 16.4 Å². The Morgan fingerprint density at radius 2 is 2.20 bits per heavy atom. The molecule has 0 aliphatic carbocycles. The molecule has 0 aliphatic rings. The smallest absolute Gasteiger partial charge is 0.226 e. The summed E-state index contributed by atoms with van der Waals surface area (Å²) in [5.74, 6) is 0.0232. The van der Waals surface area contributed by atoms with Gasteiger partial charge in [0.1, 0.15) is 0 Å². The molecule has 0 bridgehead atoms. The molecule has 0 unspecified atom stereocenters. The Morgan fingerprint density at radius 1 is 1.30 bits per heavy atom. The molecule has 0 saturated carbocycles. The number of thiazole rings is 1. The maximum absolute atomic E-state index is 11.9. The van der Waals surface area contributed by atoms with Gasteiger partial charge in [-0.05, 0) is 36.4 Å². The van der Waals surface area contributed by atoms with Crippen LogP contribution in [0.1, 0.15) is 16.9 Å². The van der Waals surface area contributed by atoms with E-state index in [1.54, 1.807) is 11.3 Å². The van der Waals surface area contributed by atoms with Crippen molar-refractivity contribution in [3.05, 3.63) is 46.2 Å². The van der Waals surface area contributed by atoms with Crippen molar-refractivity contribution in [1.29, 1.82) is 0 Å². The van der Waals surface area contributed by atoms with Crippen molar-refractivity contribution >= 4 is 43.9 Å². The number of aromatic nitrogens is 1. The molecule has 102 valence electrons. The van der Waals surface area contributed by atoms with Gasteiger partial charge in [0.2, 0.25) is 5.91 Å². The molecule has 3 nitrogen and oxygen atoms in total. The second kappa shape index (κ2) is 5.73. The largest absolute Gasteiger partial charge is 0.302 e. The molecule has 5 heteroatoms. The summed E-state index contributed by atoms with van der Waals surface area (Å²) >= 11 is 3.21. The molecule has 3 aromatic rings. The Bertz CT molecular complexity index is 732. The van der Waals surface area contributed by atoms with Gasteiger partial charge in [0.25, 0.3) is 0 Å². The van der Waals surface area contributed by atoms with Crippen LogP contribution in [0.4, 0.5) is 5.13 Å². The van der Waals surface area contributed by atoms with E-state index in [4.69, 9.17) is 0 Å². The molecule has 1 amide bonds. The number of carbonyl (C=O) groups excluding carboxylic acids is 1. The van der Waals surface area contributed by atoms with Gasteiger partial charge in [-0.2, -0.15) is 0 Å². The normalized spacial score (nSPS) is 10.8. The molecule has 0 fully saturated rings. The summed E-state index contributed by atoms with van der Waals surface area (Å²) in [7, 11) is 0. The van der Waals surface area contributed by atoms with Gasteiger partial charge in [-0.1, -0.05) is 29.5 Å². The number of carbonyl (C=O) groups is 1. The van der Waals surface area contributed by atoms with Crippen LogP contribution in [0, 0.1) is 6.92 Å². The molecule has 3 rings (SSSR count). The molecular formula is C15H14N2OS2. The van der Waals surface area contributed by atoms with Crippen molar-refractivity contribution in [1.82, 2.24) is 4.98 Å². The topological polar surface area (TPSA) is 42.0 Å². The van der Waals surface area contributed by atoms with Gasteiger partial charge in [0.05, 0.1) is 10.2 Å². The van der Waals surface area contributed by atoms with Gasteiger partial charge in [-0.25, -0.2) is 4.98 Å². The van der Waals surface area contributed by atoms with E-state index >= 15 is 0 Å². The van der Waals surface area contributed by atoms with Crippen LogP contribution < -0.4 is 5.32 Å². The fourth-order valence-corrected chi connectivity index (χ4v) is 3.68. The van der Waals surface area contributed by atoms with Crippen LogP contribution in [0.15, 0.2) is 35.7 Å². The van der Waals surface area contributed by atoms with Crippen molar-refractivity contribution in [2.75, 3.05) is 5.32 Å². The number of rotatable bonds is 4. The predicted octanol–water partition coefficient (Wildman–Crippen LogP) is 4.24. The average Bonchev–Trinajstić information content (AvgIpc) is 3.05. The third kappa shape index (κ3) is 2.89. The summed E-state index contributed by atoms with van der Waals surface area (Å²) < 4.78 is 1.11. The molecule has 2 aromatic heterocycles. The SMILES string of the molecule is Cc1cccc2sc(NC(=O)CCc3cccs3)nc12. The van der Waals surface area contributed by atoms with Gasteiger partial charge in [0, 0.05) is 11.3 Å². The van der Waals surface area contributed by atoms with Gasteiger partial charge in [-0.15, -0.1) is 11.3 Å². The Kier molecular flexibility index (Phi) is 3.80. The highest BCUT2D eigenvalue weighted by Gasteiger charge is 2.09. The number of amides is 1. The first kappa shape index (κ1) is 13.3. The van der Waals surface area contributed by atoms with Crippen LogP contribution in [0.25, 0.3) is 10.2 Å². The second-order valence-electron chi connectivity index (χ2n) is 4.57. The van der Waals surface area contributed by atoms with E-state index in [-0.39, 0.29) is 5.91 Å². The summed E-state index contributed by atoms with van der Waals surface area (Å²) in [5.41, 5.74) is 2.11. The number of hydrogen-bond acceptors (Lipinski definition) is 4. The Morgan fingerprint density at radius 3 is 2.95 bits per heavy atom. The van der Waals surface area contributed by atoms with Crippen molar-refractivity contribution < 1.29 is 4.79 Å². The highest BCUT2D eigenvalue weighted by Crippen LogP contribution is 2.27. The predicted molar refractivity (Wildman–Crippen MR) is 85.6 cm³/mol.